The van der Waals surface area contributed by atoms with Gasteiger partial charge in [0.15, 0.2) is 0 Å². The number of hydrogen-bond donors (Lipinski definition) is 1. The van der Waals surface area contributed by atoms with Gasteiger partial charge in [-0.1, -0.05) is 5.16 Å². The lowest BCUT2D eigenvalue weighted by atomic mass is 10.0. The average Bonchev–Trinajstić information content (AvgIpc) is 3.10. The van der Waals surface area contributed by atoms with Gasteiger partial charge >= 0.3 is 0 Å². The van der Waals surface area contributed by atoms with Crippen LogP contribution in [0.25, 0.3) is 22.4 Å². The number of non-ortho nitro benzene ring substituents is 1. The Morgan fingerprint density at radius 2 is 1.87 bits per heavy atom. The van der Waals surface area contributed by atoms with Crippen LogP contribution >= 0.6 is 0 Å². The van der Waals surface area contributed by atoms with E-state index in [0.29, 0.717) is 22.3 Å². The van der Waals surface area contributed by atoms with Crippen LogP contribution in [0.5, 0.6) is 0 Å². The number of anilines is 1. The maximum Gasteiger partial charge on any atom is 0.271 e. The molecule has 8 nitrogen and oxygen atoms in total. The lowest BCUT2D eigenvalue weighted by Gasteiger charge is -2.09. The predicted molar refractivity (Wildman–Crippen MR) is 103 cm³/mol. The Morgan fingerprint density at radius 1 is 1.13 bits per heavy atom. The van der Waals surface area contributed by atoms with Gasteiger partial charge < -0.3 is 9.84 Å². The minimum atomic E-state index is -0.833. The molecule has 1 amide bonds. The van der Waals surface area contributed by atoms with Crippen LogP contribution in [0.2, 0.25) is 0 Å². The molecule has 0 aliphatic heterocycles. The molecule has 0 bridgehead atoms. The van der Waals surface area contributed by atoms with Crippen molar-refractivity contribution in [3.63, 3.8) is 0 Å². The Bertz CT molecular complexity index is 1300. The molecule has 30 heavy (non-hydrogen) atoms. The highest BCUT2D eigenvalue weighted by Crippen LogP contribution is 2.29. The van der Waals surface area contributed by atoms with Gasteiger partial charge in [0.2, 0.25) is 0 Å². The maximum atomic E-state index is 14.1. The summed E-state index contributed by atoms with van der Waals surface area (Å²) in [6.45, 7) is 1.61. The molecule has 0 atom stereocenters. The van der Waals surface area contributed by atoms with Crippen LogP contribution in [0.4, 0.5) is 20.2 Å². The Hall–Kier alpha value is -4.21. The summed E-state index contributed by atoms with van der Waals surface area (Å²) in [6, 6.07) is 9.69. The zero-order valence-electron chi connectivity index (χ0n) is 15.3. The number of nitrogens with one attached hydrogen (secondary N) is 1. The zero-order valence-corrected chi connectivity index (χ0v) is 15.3. The molecule has 0 radical (unpaired) electrons. The van der Waals surface area contributed by atoms with Gasteiger partial charge in [-0.25, -0.2) is 13.8 Å². The summed E-state index contributed by atoms with van der Waals surface area (Å²) in [5.74, 6) is -2.01. The van der Waals surface area contributed by atoms with E-state index in [1.807, 2.05) is 0 Å². The normalized spacial score (nSPS) is 10.9. The largest absolute Gasteiger partial charge is 0.335 e. The summed E-state index contributed by atoms with van der Waals surface area (Å²) in [7, 11) is 0. The smallest absolute Gasteiger partial charge is 0.271 e. The average molecular weight is 410 g/mol. The molecule has 150 valence electrons. The molecule has 2 heterocycles. The van der Waals surface area contributed by atoms with E-state index in [1.54, 1.807) is 6.92 Å². The summed E-state index contributed by atoms with van der Waals surface area (Å²) in [4.78, 5) is 27.5. The van der Waals surface area contributed by atoms with Gasteiger partial charge in [-0.15, -0.1) is 0 Å². The summed E-state index contributed by atoms with van der Waals surface area (Å²) in [5, 5.41) is 17.4. The first kappa shape index (κ1) is 19.1. The molecule has 0 spiro atoms. The summed E-state index contributed by atoms with van der Waals surface area (Å²) in [6.07, 6.45) is 0. The van der Waals surface area contributed by atoms with Crippen LogP contribution in [0, 0.1) is 28.7 Å². The fraction of sp³-hybridized carbons (Fsp3) is 0.0500. The second-order valence-corrected chi connectivity index (χ2v) is 6.39. The molecule has 10 heteroatoms. The highest BCUT2D eigenvalue weighted by molar-refractivity contribution is 6.13. The van der Waals surface area contributed by atoms with E-state index in [2.05, 4.69) is 15.5 Å². The second kappa shape index (κ2) is 7.32. The van der Waals surface area contributed by atoms with Crippen molar-refractivity contribution >= 4 is 28.4 Å². The summed E-state index contributed by atoms with van der Waals surface area (Å²) < 4.78 is 32.5. The van der Waals surface area contributed by atoms with Crippen molar-refractivity contribution in [1.29, 1.82) is 0 Å². The fourth-order valence-corrected chi connectivity index (χ4v) is 2.95. The molecule has 0 aliphatic carbocycles. The number of nitro groups is 1. The van der Waals surface area contributed by atoms with Crippen molar-refractivity contribution in [1.82, 2.24) is 10.1 Å². The third-order valence-electron chi connectivity index (χ3n) is 4.41. The molecule has 0 aliphatic rings. The summed E-state index contributed by atoms with van der Waals surface area (Å²) in [5.41, 5.74) is 0.623. The highest BCUT2D eigenvalue weighted by Gasteiger charge is 2.21. The number of benzene rings is 2. The minimum Gasteiger partial charge on any atom is -0.335 e. The first-order valence-corrected chi connectivity index (χ1v) is 8.62. The first-order chi connectivity index (χ1) is 14.3. The molecule has 1 N–H and O–H groups in total. The van der Waals surface area contributed by atoms with Gasteiger partial charge in [0, 0.05) is 17.7 Å². The van der Waals surface area contributed by atoms with E-state index in [1.165, 1.54) is 30.3 Å². The standard InChI is InChI=1S/C20H12F2N4O4/c1-10-18-14(19(27)23-17-8-13(26(28)29)6-7-15(17)22)9-16(24-20(18)30-25-10)11-2-4-12(21)5-3-11/h2-9H,1H3,(H,23,27). The SMILES string of the molecule is Cc1noc2nc(-c3ccc(F)cc3)cc(C(=O)Nc3cc([N+](=O)[O-])ccc3F)c12. The van der Waals surface area contributed by atoms with E-state index in [4.69, 9.17) is 4.52 Å². The first-order valence-electron chi connectivity index (χ1n) is 8.62. The quantitative estimate of drug-likeness (QED) is 0.388. The molecule has 2 aromatic heterocycles. The van der Waals surface area contributed by atoms with Crippen LogP contribution in [0.1, 0.15) is 16.1 Å². The zero-order chi connectivity index (χ0) is 21.4. The lowest BCUT2D eigenvalue weighted by Crippen LogP contribution is -2.14. The van der Waals surface area contributed by atoms with Crippen molar-refractivity contribution in [3.8, 4) is 11.3 Å². The van der Waals surface area contributed by atoms with E-state index in [9.17, 15) is 23.7 Å². The third-order valence-corrected chi connectivity index (χ3v) is 4.41. The van der Waals surface area contributed by atoms with Crippen molar-refractivity contribution < 1.29 is 23.0 Å². The number of carbonyl (C=O) groups excluding carboxylic acids is 1. The lowest BCUT2D eigenvalue weighted by molar-refractivity contribution is -0.384. The fourth-order valence-electron chi connectivity index (χ4n) is 2.95. The number of fused-ring (bicyclic) bond motifs is 1. The van der Waals surface area contributed by atoms with Crippen LogP contribution in [-0.2, 0) is 0 Å². The Balaban J connectivity index is 1.80. The molecule has 2 aromatic carbocycles. The van der Waals surface area contributed by atoms with Crippen molar-refractivity contribution in [2.75, 3.05) is 5.32 Å². The number of rotatable bonds is 4. The molecule has 4 aromatic rings. The van der Waals surface area contributed by atoms with Gasteiger partial charge in [0.25, 0.3) is 17.3 Å². The van der Waals surface area contributed by atoms with Gasteiger partial charge in [-0.3, -0.25) is 14.9 Å². The van der Waals surface area contributed by atoms with E-state index in [-0.39, 0.29) is 22.7 Å². The van der Waals surface area contributed by atoms with Crippen LogP contribution < -0.4 is 5.32 Å². The monoisotopic (exact) mass is 410 g/mol. The molecular formula is C20H12F2N4O4. The van der Waals surface area contributed by atoms with E-state index >= 15 is 0 Å². The predicted octanol–water partition coefficient (Wildman–Crippen LogP) is 4.64. The van der Waals surface area contributed by atoms with Crippen molar-refractivity contribution in [2.24, 2.45) is 0 Å². The number of amides is 1. The Kier molecular flexibility index (Phi) is 4.66. The number of pyridine rings is 1. The number of nitro benzene ring substituents is 1. The van der Waals surface area contributed by atoms with E-state index in [0.717, 1.165) is 18.2 Å². The van der Waals surface area contributed by atoms with Gasteiger partial charge in [0.05, 0.1) is 32.9 Å². The third kappa shape index (κ3) is 3.46. The molecule has 0 unspecified atom stereocenters. The Labute approximate surface area is 167 Å². The van der Waals surface area contributed by atoms with Gasteiger partial charge in [-0.2, -0.15) is 0 Å². The second-order valence-electron chi connectivity index (χ2n) is 6.39. The number of nitrogens with zero attached hydrogens (tertiary/aromatic N) is 3. The molecular weight excluding hydrogens is 398 g/mol. The van der Waals surface area contributed by atoms with Crippen LogP contribution in [-0.4, -0.2) is 21.0 Å². The molecule has 4 rings (SSSR count). The summed E-state index contributed by atoms with van der Waals surface area (Å²) >= 11 is 0. The van der Waals surface area contributed by atoms with E-state index < -0.39 is 22.5 Å². The highest BCUT2D eigenvalue weighted by atomic mass is 19.1. The number of aromatic nitrogens is 2. The number of halogens is 2. The van der Waals surface area contributed by atoms with Gasteiger partial charge in [0.1, 0.15) is 11.6 Å². The van der Waals surface area contributed by atoms with Crippen LogP contribution in [0.3, 0.4) is 0 Å². The van der Waals surface area contributed by atoms with Gasteiger partial charge in [-0.05, 0) is 43.3 Å². The molecule has 0 saturated heterocycles. The number of carbonyl (C=O) groups is 1. The maximum absolute atomic E-state index is 14.1. The van der Waals surface area contributed by atoms with Crippen molar-refractivity contribution in [3.05, 3.63) is 81.5 Å². The number of hydrogen-bond acceptors (Lipinski definition) is 6. The molecule has 0 fully saturated rings. The van der Waals surface area contributed by atoms with Crippen molar-refractivity contribution in [2.45, 2.75) is 6.92 Å². The Morgan fingerprint density at radius 3 is 2.57 bits per heavy atom. The topological polar surface area (TPSA) is 111 Å². The number of aryl methyl sites for hydroxylation is 1. The van der Waals surface area contributed by atoms with Crippen LogP contribution in [0.15, 0.2) is 53.1 Å². The minimum absolute atomic E-state index is 0.0685. The molecule has 0 saturated carbocycles.